The van der Waals surface area contributed by atoms with Crippen molar-refractivity contribution in [3.05, 3.63) is 22.6 Å². The van der Waals surface area contributed by atoms with Gasteiger partial charge in [0, 0.05) is 28.9 Å². The Morgan fingerprint density at radius 1 is 1.60 bits per heavy atom. The number of carbonyl (C=O) groups is 1. The third-order valence-corrected chi connectivity index (χ3v) is 3.46. The Labute approximate surface area is 99.0 Å². The quantitative estimate of drug-likeness (QED) is 0.896. The molecule has 1 aromatic rings. The molecule has 0 aromatic carbocycles. The monoisotopic (exact) mass is 293 g/mol. The summed E-state index contributed by atoms with van der Waals surface area (Å²) >= 11 is 3.11. The maximum atomic E-state index is 11.4. The largest absolute Gasteiger partial charge is 0.444 e. The van der Waals surface area contributed by atoms with E-state index >= 15 is 0 Å². The molecule has 0 spiro atoms. The summed E-state index contributed by atoms with van der Waals surface area (Å²) in [7, 11) is -0.849. The lowest BCUT2D eigenvalue weighted by Gasteiger charge is -2.01. The van der Waals surface area contributed by atoms with Gasteiger partial charge in [-0.25, -0.2) is 0 Å². The van der Waals surface area contributed by atoms with Gasteiger partial charge >= 0.3 is 0 Å². The molecule has 0 fully saturated rings. The topological polar surface area (TPSA) is 59.3 Å². The summed E-state index contributed by atoms with van der Waals surface area (Å²) in [6.07, 6.45) is 0. The average molecular weight is 294 g/mol. The Morgan fingerprint density at radius 3 is 2.87 bits per heavy atom. The molecule has 1 amide bonds. The Bertz CT molecular complexity index is 364. The Hall–Kier alpha value is -0.620. The van der Waals surface area contributed by atoms with Gasteiger partial charge in [-0.1, -0.05) is 6.92 Å². The molecule has 0 aliphatic rings. The highest BCUT2D eigenvalue weighted by Crippen LogP contribution is 2.13. The van der Waals surface area contributed by atoms with Crippen LogP contribution in [0.1, 0.15) is 17.5 Å². The van der Waals surface area contributed by atoms with Crippen molar-refractivity contribution in [2.45, 2.75) is 6.92 Å². The van der Waals surface area contributed by atoms with Crippen LogP contribution in [0.15, 0.2) is 21.2 Å². The van der Waals surface area contributed by atoms with Gasteiger partial charge in [-0.05, 0) is 28.1 Å². The van der Waals surface area contributed by atoms with Gasteiger partial charge in [0.05, 0.1) is 0 Å². The van der Waals surface area contributed by atoms with Crippen LogP contribution in [0.2, 0.25) is 0 Å². The van der Waals surface area contributed by atoms with Crippen molar-refractivity contribution >= 4 is 32.6 Å². The molecule has 0 radical (unpaired) electrons. The molecule has 6 heteroatoms. The van der Waals surface area contributed by atoms with Crippen molar-refractivity contribution in [2.24, 2.45) is 0 Å². The molecule has 1 rings (SSSR count). The van der Waals surface area contributed by atoms with E-state index in [0.717, 1.165) is 0 Å². The highest BCUT2D eigenvalue weighted by molar-refractivity contribution is 9.10. The predicted octanol–water partition coefficient (Wildman–Crippen LogP) is 1.54. The second-order valence-corrected chi connectivity index (χ2v) is 5.44. The van der Waals surface area contributed by atoms with Gasteiger partial charge in [0.2, 0.25) is 0 Å². The van der Waals surface area contributed by atoms with E-state index in [-0.39, 0.29) is 11.7 Å². The molecule has 0 aliphatic carbocycles. The fourth-order valence-electron chi connectivity index (χ4n) is 0.946. The van der Waals surface area contributed by atoms with E-state index in [1.54, 1.807) is 12.1 Å². The number of halogens is 1. The zero-order valence-corrected chi connectivity index (χ0v) is 10.7. The third kappa shape index (κ3) is 4.17. The number of furan rings is 1. The van der Waals surface area contributed by atoms with E-state index in [2.05, 4.69) is 21.2 Å². The van der Waals surface area contributed by atoms with Crippen LogP contribution < -0.4 is 5.32 Å². The first kappa shape index (κ1) is 12.4. The van der Waals surface area contributed by atoms with Gasteiger partial charge in [0.15, 0.2) is 10.4 Å². The first-order valence-corrected chi connectivity index (χ1v) is 6.80. The normalized spacial score (nSPS) is 12.4. The number of hydrogen-bond donors (Lipinski definition) is 1. The number of rotatable bonds is 5. The second kappa shape index (κ2) is 6.07. The minimum Gasteiger partial charge on any atom is -0.444 e. The SMILES string of the molecule is CCS(=O)CCNC(=O)c1ccc(Br)o1. The molecule has 1 heterocycles. The van der Waals surface area contributed by atoms with Crippen LogP contribution in [0.4, 0.5) is 0 Å². The van der Waals surface area contributed by atoms with Gasteiger partial charge in [0.25, 0.3) is 5.91 Å². The first-order chi connectivity index (χ1) is 7.13. The molecular weight excluding hydrogens is 282 g/mol. The zero-order chi connectivity index (χ0) is 11.3. The maximum Gasteiger partial charge on any atom is 0.287 e. The van der Waals surface area contributed by atoms with Crippen molar-refractivity contribution < 1.29 is 13.4 Å². The fraction of sp³-hybridized carbons (Fsp3) is 0.444. The smallest absolute Gasteiger partial charge is 0.287 e. The van der Waals surface area contributed by atoms with Gasteiger partial charge in [-0.3, -0.25) is 9.00 Å². The van der Waals surface area contributed by atoms with Crippen molar-refractivity contribution in [2.75, 3.05) is 18.1 Å². The molecule has 1 unspecified atom stereocenters. The molecule has 84 valence electrons. The lowest BCUT2D eigenvalue weighted by molar-refractivity contribution is 0.0927. The fourth-order valence-corrected chi connectivity index (χ4v) is 1.87. The molecular formula is C9H12BrNO3S. The summed E-state index contributed by atoms with van der Waals surface area (Å²) in [5.41, 5.74) is 0. The molecule has 4 nitrogen and oxygen atoms in total. The highest BCUT2D eigenvalue weighted by atomic mass is 79.9. The van der Waals surface area contributed by atoms with Crippen LogP contribution in [0.5, 0.6) is 0 Å². The van der Waals surface area contributed by atoms with Crippen LogP contribution in [-0.4, -0.2) is 28.2 Å². The third-order valence-electron chi connectivity index (χ3n) is 1.73. The van der Waals surface area contributed by atoms with E-state index in [1.807, 2.05) is 6.92 Å². The van der Waals surface area contributed by atoms with E-state index < -0.39 is 10.8 Å². The van der Waals surface area contributed by atoms with Gasteiger partial charge in [-0.2, -0.15) is 0 Å². The molecule has 1 atom stereocenters. The second-order valence-electron chi connectivity index (χ2n) is 2.79. The van der Waals surface area contributed by atoms with Crippen molar-refractivity contribution in [1.82, 2.24) is 5.32 Å². The molecule has 0 saturated heterocycles. The summed E-state index contributed by atoms with van der Waals surface area (Å²) < 4.78 is 16.6. The number of carbonyl (C=O) groups excluding carboxylic acids is 1. The highest BCUT2D eigenvalue weighted by Gasteiger charge is 2.09. The van der Waals surface area contributed by atoms with E-state index in [1.165, 1.54) is 0 Å². The lowest BCUT2D eigenvalue weighted by Crippen LogP contribution is -2.27. The Kier molecular flexibility index (Phi) is 5.04. The number of hydrogen-bond acceptors (Lipinski definition) is 3. The average Bonchev–Trinajstić information content (AvgIpc) is 2.64. The molecule has 0 saturated carbocycles. The molecule has 1 N–H and O–H groups in total. The number of amides is 1. The summed E-state index contributed by atoms with van der Waals surface area (Å²) in [4.78, 5) is 11.4. The summed E-state index contributed by atoms with van der Waals surface area (Å²) in [6.45, 7) is 2.25. The van der Waals surface area contributed by atoms with Crippen molar-refractivity contribution in [3.8, 4) is 0 Å². The summed E-state index contributed by atoms with van der Waals surface area (Å²) in [6, 6.07) is 3.23. The Morgan fingerprint density at radius 2 is 2.33 bits per heavy atom. The minimum absolute atomic E-state index is 0.254. The zero-order valence-electron chi connectivity index (χ0n) is 8.29. The predicted molar refractivity (Wildman–Crippen MR) is 62.3 cm³/mol. The van der Waals surface area contributed by atoms with Crippen LogP contribution in [0.3, 0.4) is 0 Å². The van der Waals surface area contributed by atoms with Gasteiger partial charge in [0.1, 0.15) is 0 Å². The summed E-state index contributed by atoms with van der Waals surface area (Å²) in [5, 5.41) is 2.63. The van der Waals surface area contributed by atoms with E-state index in [0.29, 0.717) is 22.7 Å². The standard InChI is InChI=1S/C9H12BrNO3S/c1-2-15(13)6-5-11-9(12)7-3-4-8(10)14-7/h3-4H,2,5-6H2,1H3,(H,11,12). The van der Waals surface area contributed by atoms with Crippen molar-refractivity contribution in [1.29, 1.82) is 0 Å². The van der Waals surface area contributed by atoms with Gasteiger partial charge in [-0.15, -0.1) is 0 Å². The van der Waals surface area contributed by atoms with Crippen LogP contribution in [-0.2, 0) is 10.8 Å². The number of nitrogens with one attached hydrogen (secondary N) is 1. The molecule has 15 heavy (non-hydrogen) atoms. The first-order valence-electron chi connectivity index (χ1n) is 4.52. The Balaban J connectivity index is 2.34. The maximum absolute atomic E-state index is 11.4. The van der Waals surface area contributed by atoms with Crippen LogP contribution in [0.25, 0.3) is 0 Å². The molecule has 0 bridgehead atoms. The molecule has 1 aromatic heterocycles. The lowest BCUT2D eigenvalue weighted by atomic mass is 10.4. The van der Waals surface area contributed by atoms with Crippen molar-refractivity contribution in [3.63, 3.8) is 0 Å². The van der Waals surface area contributed by atoms with E-state index in [4.69, 9.17) is 4.42 Å². The van der Waals surface area contributed by atoms with Crippen LogP contribution in [0, 0.1) is 0 Å². The van der Waals surface area contributed by atoms with E-state index in [9.17, 15) is 9.00 Å². The minimum atomic E-state index is -0.849. The van der Waals surface area contributed by atoms with Gasteiger partial charge < -0.3 is 9.73 Å². The molecule has 0 aliphatic heterocycles. The van der Waals surface area contributed by atoms with Crippen LogP contribution >= 0.6 is 15.9 Å². The summed E-state index contributed by atoms with van der Waals surface area (Å²) in [5.74, 6) is 1.06.